The van der Waals surface area contributed by atoms with E-state index in [1.807, 2.05) is 0 Å². The molecule has 0 aliphatic heterocycles. The van der Waals surface area contributed by atoms with Crippen molar-refractivity contribution in [2.24, 2.45) is 0 Å². The molecule has 0 heterocycles. The molecule has 0 aliphatic carbocycles. The van der Waals surface area contributed by atoms with Gasteiger partial charge in [0.1, 0.15) is 0 Å². The summed E-state index contributed by atoms with van der Waals surface area (Å²) in [7, 11) is -8.67. The third-order valence-corrected chi connectivity index (χ3v) is 0. The quantitative estimate of drug-likeness (QED) is 0.185. The Morgan fingerprint density at radius 2 is 0.353 bits per heavy atom. The first-order valence-corrected chi connectivity index (χ1v) is 3.10. The van der Waals surface area contributed by atoms with Gasteiger partial charge in [-0.05, 0) is 0 Å². The summed E-state index contributed by atoms with van der Waals surface area (Å²) in [5.41, 5.74) is 0. The second-order valence-corrected chi connectivity index (χ2v) is 1.39. The van der Waals surface area contributed by atoms with Gasteiger partial charge in [0.05, 0.1) is 0 Å². The Labute approximate surface area is 125 Å². The van der Waals surface area contributed by atoms with Crippen LogP contribution in [0.5, 0.6) is 0 Å². The fourth-order valence-corrected chi connectivity index (χ4v) is 0. The maximum absolute atomic E-state index is 7.17. The van der Waals surface area contributed by atoms with Gasteiger partial charge in [-0.15, -0.1) is 0 Å². The van der Waals surface area contributed by atoms with E-state index in [9.17, 15) is 0 Å². The van der Waals surface area contributed by atoms with Crippen LogP contribution in [0.2, 0.25) is 0 Å². The molecule has 17 heteroatoms. The molecule has 0 aromatic rings. The van der Waals surface area contributed by atoms with E-state index in [4.69, 9.17) is 60.3 Å². The molecular weight excluding hydrogens is 258 g/mol. The standard InChI is InChI=1S/4BH3O3.Na.4H2.H/c4*2-1(3)4;;;;;;/h4*2-4H;;4*1H;. The molecule has 0 saturated heterocycles. The first-order valence-electron chi connectivity index (χ1n) is 3.10. The van der Waals surface area contributed by atoms with E-state index in [1.54, 1.807) is 0 Å². The Morgan fingerprint density at radius 3 is 0.353 bits per heavy atom. The van der Waals surface area contributed by atoms with E-state index in [0.29, 0.717) is 0 Å². The summed E-state index contributed by atoms with van der Waals surface area (Å²) >= 11 is 0. The van der Waals surface area contributed by atoms with Crippen LogP contribution in [0.15, 0.2) is 0 Å². The number of rotatable bonds is 0. The predicted molar refractivity (Wildman–Crippen MR) is 65.2 cm³/mol. The van der Waals surface area contributed by atoms with Gasteiger partial charge in [0, 0.05) is 5.71 Å². The molecular formula is H21B4NaO12. The summed E-state index contributed by atoms with van der Waals surface area (Å²) in [5, 5.41) is 86.0. The molecule has 0 unspecified atom stereocenters. The summed E-state index contributed by atoms with van der Waals surface area (Å²) < 4.78 is 0. The molecule has 17 heavy (non-hydrogen) atoms. The molecule has 0 saturated carbocycles. The molecule has 0 fully saturated rings. The van der Waals surface area contributed by atoms with Crippen molar-refractivity contribution in [2.75, 3.05) is 0 Å². The monoisotopic (exact) mass is 280 g/mol. The minimum atomic E-state index is -2.17. The van der Waals surface area contributed by atoms with Crippen LogP contribution in [0.25, 0.3) is 0 Å². The Bertz CT molecular complexity index is 76.2. The average molecular weight is 279 g/mol. The summed E-state index contributed by atoms with van der Waals surface area (Å²) in [6.07, 6.45) is 0. The molecule has 0 bridgehead atoms. The fraction of sp³-hybridized carbons (Fsp3) is 0. The van der Waals surface area contributed by atoms with Gasteiger partial charge in [0.25, 0.3) is 0 Å². The number of hydrogen-bond acceptors (Lipinski definition) is 12. The van der Waals surface area contributed by atoms with Crippen molar-refractivity contribution in [1.82, 2.24) is 0 Å². The zero-order valence-electron chi connectivity index (χ0n) is 7.68. The van der Waals surface area contributed by atoms with Gasteiger partial charge < -0.3 is 60.3 Å². The van der Waals surface area contributed by atoms with Crippen LogP contribution in [0, 0.1) is 0 Å². The van der Waals surface area contributed by atoms with Crippen LogP contribution >= 0.6 is 0 Å². The van der Waals surface area contributed by atoms with Crippen molar-refractivity contribution in [3.05, 3.63) is 0 Å². The summed E-state index contributed by atoms with van der Waals surface area (Å²) in [4.78, 5) is 0. The summed E-state index contributed by atoms with van der Waals surface area (Å²) in [6.45, 7) is 0. The van der Waals surface area contributed by atoms with Crippen LogP contribution in [0.1, 0.15) is 5.71 Å². The molecule has 106 valence electrons. The van der Waals surface area contributed by atoms with Crippen molar-refractivity contribution >= 4 is 58.8 Å². The maximum atomic E-state index is 7.17. The van der Waals surface area contributed by atoms with E-state index in [-0.39, 0.29) is 35.3 Å². The van der Waals surface area contributed by atoms with Gasteiger partial charge in [-0.1, -0.05) is 0 Å². The van der Waals surface area contributed by atoms with E-state index in [1.165, 1.54) is 0 Å². The summed E-state index contributed by atoms with van der Waals surface area (Å²) in [5.74, 6) is 0. The fourth-order valence-electron chi connectivity index (χ4n) is 0. The molecule has 12 N–H and O–H groups in total. The molecule has 12 nitrogen and oxygen atoms in total. The molecule has 0 radical (unpaired) electrons. The van der Waals surface area contributed by atoms with Crippen molar-refractivity contribution < 1.29 is 66.0 Å². The van der Waals surface area contributed by atoms with Gasteiger partial charge in [0.15, 0.2) is 0 Å². The van der Waals surface area contributed by atoms with Crippen molar-refractivity contribution in [3.63, 3.8) is 0 Å². The van der Waals surface area contributed by atoms with E-state index < -0.39 is 29.3 Å². The van der Waals surface area contributed by atoms with Crippen molar-refractivity contribution in [2.45, 2.75) is 0 Å². The van der Waals surface area contributed by atoms with Gasteiger partial charge in [-0.25, -0.2) is 0 Å². The van der Waals surface area contributed by atoms with Gasteiger partial charge >= 0.3 is 58.8 Å². The van der Waals surface area contributed by atoms with Crippen LogP contribution in [0.3, 0.4) is 0 Å². The average Bonchev–Trinajstić information content (AvgIpc) is 1.76. The Balaban J connectivity index is -0.0000000121. The van der Waals surface area contributed by atoms with Gasteiger partial charge in [0.2, 0.25) is 0 Å². The second kappa shape index (κ2) is 25.6. The van der Waals surface area contributed by atoms with Gasteiger partial charge in [-0.3, -0.25) is 0 Å². The third kappa shape index (κ3) is 6030. The van der Waals surface area contributed by atoms with E-state index in [0.717, 1.165) is 0 Å². The van der Waals surface area contributed by atoms with Crippen LogP contribution in [-0.2, 0) is 0 Å². The molecule has 0 amide bonds. The first-order chi connectivity index (χ1) is 6.93. The SMILES string of the molecule is OB(O)O.OB(O)O.OB(O)O.OB(O)O.[HH].[HH].[HH].[HH].[NaH]. The molecule has 0 aromatic carbocycles. The van der Waals surface area contributed by atoms with Crippen molar-refractivity contribution in [1.29, 1.82) is 0 Å². The van der Waals surface area contributed by atoms with E-state index in [2.05, 4.69) is 0 Å². The third-order valence-electron chi connectivity index (χ3n) is 0. The minimum absolute atomic E-state index is 0. The Kier molecular flexibility index (Phi) is 46.1. The summed E-state index contributed by atoms with van der Waals surface area (Å²) in [6, 6.07) is 0. The number of hydrogen-bond donors (Lipinski definition) is 12. The normalized spacial score (nSPS) is 6.35. The van der Waals surface area contributed by atoms with Gasteiger partial charge in [-0.2, -0.15) is 0 Å². The molecule has 0 rings (SSSR count). The molecule has 0 aromatic heterocycles. The first kappa shape index (κ1) is 30.7. The van der Waals surface area contributed by atoms with Crippen LogP contribution in [0.4, 0.5) is 0 Å². The van der Waals surface area contributed by atoms with Crippen LogP contribution in [-0.4, -0.2) is 119 Å². The Morgan fingerprint density at radius 1 is 0.353 bits per heavy atom. The molecule has 0 spiro atoms. The molecule has 0 atom stereocenters. The molecule has 0 aliphatic rings. The second-order valence-electron chi connectivity index (χ2n) is 1.39. The van der Waals surface area contributed by atoms with Crippen LogP contribution < -0.4 is 0 Å². The Hall–Kier alpha value is 0.780. The zero-order valence-corrected chi connectivity index (χ0v) is 7.68. The zero-order chi connectivity index (χ0) is 14.3. The van der Waals surface area contributed by atoms with Crippen molar-refractivity contribution in [3.8, 4) is 0 Å². The topological polar surface area (TPSA) is 243 Å². The predicted octanol–water partition coefficient (Wildman–Crippen LogP) is -7.87. The van der Waals surface area contributed by atoms with E-state index >= 15 is 0 Å².